The van der Waals surface area contributed by atoms with E-state index >= 15 is 0 Å². The zero-order valence-electron chi connectivity index (χ0n) is 8.92. The van der Waals surface area contributed by atoms with Crippen LogP contribution in [0.15, 0.2) is 0 Å². The summed E-state index contributed by atoms with van der Waals surface area (Å²) in [5.41, 5.74) is 0. The smallest absolute Gasteiger partial charge is 0.0224 e. The van der Waals surface area contributed by atoms with Crippen LogP contribution in [0.1, 0.15) is 25.7 Å². The number of rotatable bonds is 5. The molecule has 14 heavy (non-hydrogen) atoms. The average Bonchev–Trinajstić information content (AvgIpc) is 2.26. The van der Waals surface area contributed by atoms with Gasteiger partial charge in [-0.05, 0) is 17.3 Å². The van der Waals surface area contributed by atoms with Gasteiger partial charge in [-0.25, -0.2) is 0 Å². The van der Waals surface area contributed by atoms with E-state index in [4.69, 9.17) is 0 Å². The normalized spacial score (nSPS) is 36.2. The minimum Gasteiger partial charge on any atom is -0.299 e. The highest BCUT2D eigenvalue weighted by Crippen LogP contribution is 2.20. The van der Waals surface area contributed by atoms with Gasteiger partial charge in [-0.2, -0.15) is 0 Å². The van der Waals surface area contributed by atoms with E-state index in [-0.39, 0.29) is 0 Å². The summed E-state index contributed by atoms with van der Waals surface area (Å²) in [6, 6.07) is 0.895. The molecule has 0 radical (unpaired) electrons. The standard InChI is InChI=1S/C11H21IN2/c12-5-3-1-2-4-11-10-13-6-8-14(11)9-7-13/h11H,1-10H2. The Bertz CT molecular complexity index is 167. The molecule has 0 saturated carbocycles. The van der Waals surface area contributed by atoms with E-state index in [1.54, 1.807) is 0 Å². The third-order valence-electron chi connectivity index (χ3n) is 3.56. The fraction of sp³-hybridized carbons (Fsp3) is 1.00. The first-order chi connectivity index (χ1) is 6.90. The molecule has 3 fully saturated rings. The molecular weight excluding hydrogens is 287 g/mol. The van der Waals surface area contributed by atoms with E-state index in [9.17, 15) is 0 Å². The highest BCUT2D eigenvalue weighted by Gasteiger charge is 2.30. The van der Waals surface area contributed by atoms with Crippen LogP contribution in [0.5, 0.6) is 0 Å². The van der Waals surface area contributed by atoms with Crippen molar-refractivity contribution in [2.24, 2.45) is 0 Å². The monoisotopic (exact) mass is 308 g/mol. The first-order valence-electron chi connectivity index (χ1n) is 5.92. The molecule has 3 heterocycles. The fourth-order valence-electron chi connectivity index (χ4n) is 2.65. The van der Waals surface area contributed by atoms with Gasteiger partial charge in [0.05, 0.1) is 0 Å². The van der Waals surface area contributed by atoms with Crippen LogP contribution in [0, 0.1) is 0 Å². The van der Waals surface area contributed by atoms with E-state index in [1.165, 1.54) is 62.8 Å². The second-order valence-electron chi connectivity index (χ2n) is 4.53. The first kappa shape index (κ1) is 11.1. The van der Waals surface area contributed by atoms with Crippen LogP contribution < -0.4 is 0 Å². The van der Waals surface area contributed by atoms with Crippen LogP contribution >= 0.6 is 22.6 Å². The fourth-order valence-corrected chi connectivity index (χ4v) is 3.19. The van der Waals surface area contributed by atoms with Crippen LogP contribution in [0.2, 0.25) is 0 Å². The Morgan fingerprint density at radius 2 is 1.79 bits per heavy atom. The van der Waals surface area contributed by atoms with Crippen molar-refractivity contribution in [2.75, 3.05) is 37.2 Å². The molecule has 3 heteroatoms. The van der Waals surface area contributed by atoms with Gasteiger partial charge in [0.15, 0.2) is 0 Å². The highest BCUT2D eigenvalue weighted by atomic mass is 127. The molecule has 3 aliphatic rings. The number of hydrogen-bond acceptors (Lipinski definition) is 2. The maximum Gasteiger partial charge on any atom is 0.0224 e. The first-order valence-corrected chi connectivity index (χ1v) is 7.45. The molecule has 0 aromatic rings. The van der Waals surface area contributed by atoms with E-state index in [1.807, 2.05) is 0 Å². The summed E-state index contributed by atoms with van der Waals surface area (Å²) in [5, 5.41) is 0. The van der Waals surface area contributed by atoms with Gasteiger partial charge in [-0.1, -0.05) is 35.4 Å². The van der Waals surface area contributed by atoms with Crippen molar-refractivity contribution in [3.8, 4) is 0 Å². The van der Waals surface area contributed by atoms with Crippen LogP contribution in [0.4, 0.5) is 0 Å². The molecule has 3 saturated heterocycles. The Balaban J connectivity index is 1.66. The van der Waals surface area contributed by atoms with Gasteiger partial charge in [-0.3, -0.25) is 9.80 Å². The summed E-state index contributed by atoms with van der Waals surface area (Å²) in [6.07, 6.45) is 5.73. The molecule has 3 rings (SSSR count). The number of unbranched alkanes of at least 4 members (excludes halogenated alkanes) is 2. The lowest BCUT2D eigenvalue weighted by Gasteiger charge is -2.47. The van der Waals surface area contributed by atoms with Crippen molar-refractivity contribution in [3.05, 3.63) is 0 Å². The second-order valence-corrected chi connectivity index (χ2v) is 5.61. The van der Waals surface area contributed by atoms with Crippen LogP contribution in [0.3, 0.4) is 0 Å². The Kier molecular flexibility index (Phi) is 4.50. The molecule has 1 atom stereocenters. The minimum absolute atomic E-state index is 0.895. The quantitative estimate of drug-likeness (QED) is 0.435. The predicted molar refractivity (Wildman–Crippen MR) is 69.2 cm³/mol. The molecule has 1 unspecified atom stereocenters. The van der Waals surface area contributed by atoms with E-state index < -0.39 is 0 Å². The largest absolute Gasteiger partial charge is 0.299 e. The molecule has 2 nitrogen and oxygen atoms in total. The van der Waals surface area contributed by atoms with Crippen LogP contribution in [-0.2, 0) is 0 Å². The molecule has 0 N–H and O–H groups in total. The van der Waals surface area contributed by atoms with Gasteiger partial charge in [0.1, 0.15) is 0 Å². The molecule has 0 spiro atoms. The summed E-state index contributed by atoms with van der Waals surface area (Å²) < 4.78 is 1.33. The zero-order chi connectivity index (χ0) is 9.80. The van der Waals surface area contributed by atoms with Crippen molar-refractivity contribution < 1.29 is 0 Å². The molecule has 0 aromatic heterocycles. The number of fused-ring (bicyclic) bond motifs is 3. The van der Waals surface area contributed by atoms with Crippen molar-refractivity contribution in [1.29, 1.82) is 0 Å². The van der Waals surface area contributed by atoms with Gasteiger partial charge >= 0.3 is 0 Å². The Hall–Kier alpha value is 0.650. The van der Waals surface area contributed by atoms with Gasteiger partial charge in [0.2, 0.25) is 0 Å². The highest BCUT2D eigenvalue weighted by molar-refractivity contribution is 14.1. The van der Waals surface area contributed by atoms with Crippen molar-refractivity contribution in [2.45, 2.75) is 31.7 Å². The number of nitrogens with zero attached hydrogens (tertiary/aromatic N) is 2. The van der Waals surface area contributed by atoms with Gasteiger partial charge < -0.3 is 0 Å². The topological polar surface area (TPSA) is 6.48 Å². The molecule has 82 valence electrons. The SMILES string of the molecule is ICCCCCC1CN2CCN1CC2. The Morgan fingerprint density at radius 1 is 1.00 bits per heavy atom. The lowest BCUT2D eigenvalue weighted by Crippen LogP contribution is -2.60. The Morgan fingerprint density at radius 3 is 2.36 bits per heavy atom. The summed E-state index contributed by atoms with van der Waals surface area (Å²) >= 11 is 2.48. The lowest BCUT2D eigenvalue weighted by molar-refractivity contribution is 0.00891. The maximum atomic E-state index is 2.71. The molecule has 0 amide bonds. The third kappa shape index (κ3) is 2.83. The number of hydrogen-bond donors (Lipinski definition) is 0. The third-order valence-corrected chi connectivity index (χ3v) is 4.33. The van der Waals surface area contributed by atoms with Gasteiger partial charge in [-0.15, -0.1) is 0 Å². The van der Waals surface area contributed by atoms with E-state index in [2.05, 4.69) is 32.4 Å². The predicted octanol–water partition coefficient (Wildman–Crippen LogP) is 1.98. The molecule has 0 aliphatic carbocycles. The van der Waals surface area contributed by atoms with Crippen molar-refractivity contribution >= 4 is 22.6 Å². The van der Waals surface area contributed by atoms with Crippen molar-refractivity contribution in [1.82, 2.24) is 9.80 Å². The average molecular weight is 308 g/mol. The van der Waals surface area contributed by atoms with Crippen LogP contribution in [-0.4, -0.2) is 53.0 Å². The minimum atomic E-state index is 0.895. The second kappa shape index (κ2) is 5.66. The molecular formula is C11H21IN2. The summed E-state index contributed by atoms with van der Waals surface area (Å²) in [5.74, 6) is 0. The number of piperazine rings is 3. The van der Waals surface area contributed by atoms with Crippen LogP contribution in [0.25, 0.3) is 0 Å². The van der Waals surface area contributed by atoms with E-state index in [0.29, 0.717) is 0 Å². The zero-order valence-corrected chi connectivity index (χ0v) is 11.1. The van der Waals surface area contributed by atoms with Crippen molar-refractivity contribution in [3.63, 3.8) is 0 Å². The number of halogens is 1. The number of alkyl halides is 1. The molecule has 2 bridgehead atoms. The van der Waals surface area contributed by atoms with Gasteiger partial charge in [0.25, 0.3) is 0 Å². The Labute approximate surface area is 101 Å². The lowest BCUT2D eigenvalue weighted by atomic mass is 10.0. The summed E-state index contributed by atoms with van der Waals surface area (Å²) in [4.78, 5) is 5.35. The summed E-state index contributed by atoms with van der Waals surface area (Å²) in [6.45, 7) is 6.66. The van der Waals surface area contributed by atoms with E-state index in [0.717, 1.165) is 6.04 Å². The molecule has 0 aromatic carbocycles. The molecule has 3 aliphatic heterocycles. The summed E-state index contributed by atoms with van der Waals surface area (Å²) in [7, 11) is 0. The maximum absolute atomic E-state index is 2.71. The van der Waals surface area contributed by atoms with Gasteiger partial charge in [0, 0.05) is 38.8 Å².